The quantitative estimate of drug-likeness (QED) is 0.846. The summed E-state index contributed by atoms with van der Waals surface area (Å²) in [6.45, 7) is 0.499. The van der Waals surface area contributed by atoms with E-state index in [0.29, 0.717) is 22.9 Å². The molecule has 0 atom stereocenters. The molecule has 0 aliphatic heterocycles. The zero-order valence-electron chi connectivity index (χ0n) is 9.64. The molecule has 90 valence electrons. The van der Waals surface area contributed by atoms with Gasteiger partial charge in [-0.05, 0) is 29.8 Å². The Bertz CT molecular complexity index is 564. The van der Waals surface area contributed by atoms with Gasteiger partial charge in [0.15, 0.2) is 0 Å². The van der Waals surface area contributed by atoms with E-state index in [1.165, 1.54) is 0 Å². The number of halogens is 1. The van der Waals surface area contributed by atoms with Crippen LogP contribution in [-0.4, -0.2) is 11.6 Å². The van der Waals surface area contributed by atoms with E-state index < -0.39 is 0 Å². The summed E-state index contributed by atoms with van der Waals surface area (Å²) >= 11 is 5.87. The summed E-state index contributed by atoms with van der Waals surface area (Å²) in [6, 6.07) is 10.9. The predicted octanol–water partition coefficient (Wildman–Crippen LogP) is 3.23. The lowest BCUT2D eigenvalue weighted by atomic mass is 10.2. The van der Waals surface area contributed by atoms with Crippen LogP contribution in [0.15, 0.2) is 42.7 Å². The molecule has 1 aromatic carbocycles. The summed E-state index contributed by atoms with van der Waals surface area (Å²) in [4.78, 5) is 3.95. The fourth-order valence-electron chi connectivity index (χ4n) is 1.54. The third kappa shape index (κ3) is 3.22. The van der Waals surface area contributed by atoms with Gasteiger partial charge >= 0.3 is 0 Å². The first-order chi connectivity index (χ1) is 8.79. The zero-order valence-corrected chi connectivity index (χ0v) is 10.4. The van der Waals surface area contributed by atoms with Crippen LogP contribution >= 0.6 is 11.6 Å². The Morgan fingerprint density at radius 2 is 2.00 bits per heavy atom. The summed E-state index contributed by atoms with van der Waals surface area (Å²) in [7, 11) is 0. The van der Waals surface area contributed by atoms with Crippen molar-refractivity contribution in [3.8, 4) is 11.8 Å². The largest absolute Gasteiger partial charge is 0.492 e. The molecular weight excluding hydrogens is 248 g/mol. The standard InChI is InChI=1S/C14H11ClN2O/c15-13-2-1-12(10-16)14(9-13)18-8-5-11-3-6-17-7-4-11/h1-4,6-7,9H,5,8H2. The third-order valence-electron chi connectivity index (χ3n) is 2.46. The van der Waals surface area contributed by atoms with Crippen molar-refractivity contribution >= 4 is 11.6 Å². The molecule has 0 aliphatic rings. The molecule has 18 heavy (non-hydrogen) atoms. The molecule has 0 N–H and O–H groups in total. The van der Waals surface area contributed by atoms with Crippen LogP contribution in [0.5, 0.6) is 5.75 Å². The van der Waals surface area contributed by atoms with Crippen molar-refractivity contribution in [2.24, 2.45) is 0 Å². The van der Waals surface area contributed by atoms with Crippen LogP contribution in [0.1, 0.15) is 11.1 Å². The maximum absolute atomic E-state index is 8.94. The van der Waals surface area contributed by atoms with Gasteiger partial charge in [0.25, 0.3) is 0 Å². The fourth-order valence-corrected chi connectivity index (χ4v) is 1.70. The second-order valence-corrected chi connectivity index (χ2v) is 4.14. The summed E-state index contributed by atoms with van der Waals surface area (Å²) in [5.41, 5.74) is 1.64. The maximum Gasteiger partial charge on any atom is 0.138 e. The number of rotatable bonds is 4. The van der Waals surface area contributed by atoms with E-state index >= 15 is 0 Å². The van der Waals surface area contributed by atoms with Crippen molar-refractivity contribution in [2.45, 2.75) is 6.42 Å². The highest BCUT2D eigenvalue weighted by molar-refractivity contribution is 6.30. The number of benzene rings is 1. The van der Waals surface area contributed by atoms with Gasteiger partial charge in [-0.3, -0.25) is 4.98 Å². The van der Waals surface area contributed by atoms with Crippen LogP contribution in [0.25, 0.3) is 0 Å². The maximum atomic E-state index is 8.94. The lowest BCUT2D eigenvalue weighted by molar-refractivity contribution is 0.321. The normalized spacial score (nSPS) is 9.78. The minimum absolute atomic E-state index is 0.495. The molecule has 0 unspecified atom stereocenters. The monoisotopic (exact) mass is 258 g/mol. The molecule has 1 aromatic heterocycles. The lowest BCUT2D eigenvalue weighted by Gasteiger charge is -2.08. The minimum Gasteiger partial charge on any atom is -0.492 e. The number of hydrogen-bond acceptors (Lipinski definition) is 3. The van der Waals surface area contributed by atoms with Crippen LogP contribution in [0.3, 0.4) is 0 Å². The molecule has 0 aliphatic carbocycles. The number of pyridine rings is 1. The molecule has 0 amide bonds. The minimum atomic E-state index is 0.495. The Morgan fingerprint density at radius 3 is 2.72 bits per heavy atom. The van der Waals surface area contributed by atoms with Gasteiger partial charge < -0.3 is 4.74 Å². The van der Waals surface area contributed by atoms with Crippen LogP contribution in [-0.2, 0) is 6.42 Å². The number of ether oxygens (including phenoxy) is 1. The van der Waals surface area contributed by atoms with Gasteiger partial charge in [-0.15, -0.1) is 0 Å². The van der Waals surface area contributed by atoms with E-state index in [9.17, 15) is 0 Å². The highest BCUT2D eigenvalue weighted by atomic mass is 35.5. The molecule has 4 heteroatoms. The van der Waals surface area contributed by atoms with E-state index in [0.717, 1.165) is 12.0 Å². The number of aromatic nitrogens is 1. The van der Waals surface area contributed by atoms with Crippen LogP contribution in [0.4, 0.5) is 0 Å². The summed E-state index contributed by atoms with van der Waals surface area (Å²) in [5.74, 6) is 0.527. The molecule has 0 fully saturated rings. The molecular formula is C14H11ClN2O. The first kappa shape index (κ1) is 12.4. The van der Waals surface area contributed by atoms with Gasteiger partial charge in [0, 0.05) is 29.9 Å². The third-order valence-corrected chi connectivity index (χ3v) is 2.70. The zero-order chi connectivity index (χ0) is 12.8. The van der Waals surface area contributed by atoms with Gasteiger partial charge in [-0.2, -0.15) is 5.26 Å². The second-order valence-electron chi connectivity index (χ2n) is 3.71. The van der Waals surface area contributed by atoms with Crippen LogP contribution in [0, 0.1) is 11.3 Å². The Hall–Kier alpha value is -2.05. The molecule has 0 radical (unpaired) electrons. The Balaban J connectivity index is 1.98. The highest BCUT2D eigenvalue weighted by Crippen LogP contribution is 2.22. The predicted molar refractivity (Wildman–Crippen MR) is 69.6 cm³/mol. The highest BCUT2D eigenvalue weighted by Gasteiger charge is 2.04. The average Bonchev–Trinajstić information content (AvgIpc) is 2.40. The molecule has 0 saturated heterocycles. The smallest absolute Gasteiger partial charge is 0.138 e. The summed E-state index contributed by atoms with van der Waals surface area (Å²) in [6.07, 6.45) is 4.25. The first-order valence-electron chi connectivity index (χ1n) is 5.51. The molecule has 1 heterocycles. The Kier molecular flexibility index (Phi) is 4.16. The molecule has 0 spiro atoms. The van der Waals surface area contributed by atoms with E-state index in [2.05, 4.69) is 11.1 Å². The molecule has 0 saturated carbocycles. The van der Waals surface area contributed by atoms with Gasteiger partial charge in [0.05, 0.1) is 12.2 Å². The molecule has 2 aromatic rings. The van der Waals surface area contributed by atoms with Crippen molar-refractivity contribution in [3.63, 3.8) is 0 Å². The SMILES string of the molecule is N#Cc1ccc(Cl)cc1OCCc1ccncc1. The van der Waals surface area contributed by atoms with Gasteiger partial charge in [0.2, 0.25) is 0 Å². The summed E-state index contributed by atoms with van der Waals surface area (Å²) in [5, 5.41) is 9.51. The van der Waals surface area contributed by atoms with Gasteiger partial charge in [-0.25, -0.2) is 0 Å². The van der Waals surface area contributed by atoms with Crippen molar-refractivity contribution in [1.82, 2.24) is 4.98 Å². The number of hydrogen-bond donors (Lipinski definition) is 0. The first-order valence-corrected chi connectivity index (χ1v) is 5.89. The van der Waals surface area contributed by atoms with E-state index in [1.54, 1.807) is 30.6 Å². The Labute approximate surface area is 111 Å². The van der Waals surface area contributed by atoms with Crippen LogP contribution < -0.4 is 4.74 Å². The average molecular weight is 259 g/mol. The van der Waals surface area contributed by atoms with Gasteiger partial charge in [0.1, 0.15) is 11.8 Å². The van der Waals surface area contributed by atoms with Crippen molar-refractivity contribution in [2.75, 3.05) is 6.61 Å². The number of nitrogens with zero attached hydrogens (tertiary/aromatic N) is 2. The van der Waals surface area contributed by atoms with E-state index in [4.69, 9.17) is 21.6 Å². The van der Waals surface area contributed by atoms with Crippen molar-refractivity contribution < 1.29 is 4.74 Å². The fraction of sp³-hybridized carbons (Fsp3) is 0.143. The van der Waals surface area contributed by atoms with Crippen molar-refractivity contribution in [1.29, 1.82) is 5.26 Å². The van der Waals surface area contributed by atoms with Crippen LogP contribution in [0.2, 0.25) is 5.02 Å². The van der Waals surface area contributed by atoms with E-state index in [1.807, 2.05) is 12.1 Å². The van der Waals surface area contributed by atoms with E-state index in [-0.39, 0.29) is 0 Å². The lowest BCUT2D eigenvalue weighted by Crippen LogP contribution is -2.02. The summed E-state index contributed by atoms with van der Waals surface area (Å²) < 4.78 is 5.59. The Morgan fingerprint density at radius 1 is 1.22 bits per heavy atom. The second kappa shape index (κ2) is 6.04. The molecule has 0 bridgehead atoms. The van der Waals surface area contributed by atoms with Crippen molar-refractivity contribution in [3.05, 3.63) is 58.9 Å². The number of nitriles is 1. The van der Waals surface area contributed by atoms with Gasteiger partial charge in [-0.1, -0.05) is 11.6 Å². The molecule has 2 rings (SSSR count). The molecule has 3 nitrogen and oxygen atoms in total. The topological polar surface area (TPSA) is 45.9 Å².